The highest BCUT2D eigenvalue weighted by Crippen LogP contribution is 2.26. The Morgan fingerprint density at radius 3 is 3.21 bits per heavy atom. The molecule has 0 bridgehead atoms. The highest BCUT2D eigenvalue weighted by atomic mass is 16.5. The van der Waals surface area contributed by atoms with Gasteiger partial charge >= 0.3 is 5.97 Å². The van der Waals surface area contributed by atoms with E-state index in [1.165, 1.54) is 5.56 Å². The standard InChI is InChI=1S/C13H14N4O2/c1-2-19-13(18)12-16-15-11-10-8-14-6-5-9(10)4-3-7-17(11)12/h5-6,8H,2-4,7H2,1H3. The van der Waals surface area contributed by atoms with Crippen molar-refractivity contribution in [3.8, 4) is 11.4 Å². The molecule has 0 N–H and O–H groups in total. The maximum Gasteiger partial charge on any atom is 0.376 e. The molecular weight excluding hydrogens is 244 g/mol. The van der Waals surface area contributed by atoms with E-state index >= 15 is 0 Å². The van der Waals surface area contributed by atoms with Crippen molar-refractivity contribution >= 4 is 5.97 Å². The average molecular weight is 258 g/mol. The molecule has 3 heterocycles. The van der Waals surface area contributed by atoms with Crippen molar-refractivity contribution in [2.75, 3.05) is 6.61 Å². The molecule has 19 heavy (non-hydrogen) atoms. The summed E-state index contributed by atoms with van der Waals surface area (Å²) in [5.74, 6) is 0.547. The van der Waals surface area contributed by atoms with Gasteiger partial charge in [0.05, 0.1) is 6.61 Å². The first-order valence-corrected chi connectivity index (χ1v) is 6.35. The van der Waals surface area contributed by atoms with E-state index in [2.05, 4.69) is 15.2 Å². The highest BCUT2D eigenvalue weighted by Gasteiger charge is 2.24. The monoisotopic (exact) mass is 258 g/mol. The van der Waals surface area contributed by atoms with Crippen LogP contribution in [0.25, 0.3) is 11.4 Å². The van der Waals surface area contributed by atoms with Crippen LogP contribution in [-0.2, 0) is 17.7 Å². The lowest BCUT2D eigenvalue weighted by atomic mass is 10.1. The minimum Gasteiger partial charge on any atom is -0.460 e. The molecule has 1 aliphatic heterocycles. The third kappa shape index (κ3) is 1.99. The normalized spacial score (nSPS) is 13.3. The predicted octanol–water partition coefficient (Wildman–Crippen LogP) is 1.46. The van der Waals surface area contributed by atoms with Crippen LogP contribution in [0.3, 0.4) is 0 Å². The van der Waals surface area contributed by atoms with Gasteiger partial charge in [0, 0.05) is 24.5 Å². The molecule has 1 aliphatic rings. The Kier molecular flexibility index (Phi) is 2.98. The van der Waals surface area contributed by atoms with E-state index in [-0.39, 0.29) is 5.82 Å². The molecule has 0 atom stereocenters. The maximum atomic E-state index is 11.8. The van der Waals surface area contributed by atoms with Crippen molar-refractivity contribution in [2.24, 2.45) is 0 Å². The number of pyridine rings is 1. The number of aryl methyl sites for hydroxylation is 1. The number of rotatable bonds is 2. The molecule has 0 aromatic carbocycles. The summed E-state index contributed by atoms with van der Waals surface area (Å²) in [6.45, 7) is 2.82. The average Bonchev–Trinajstić information content (AvgIpc) is 2.75. The topological polar surface area (TPSA) is 69.9 Å². The summed E-state index contributed by atoms with van der Waals surface area (Å²) >= 11 is 0. The number of nitrogens with zero attached hydrogens (tertiary/aromatic N) is 4. The second-order valence-corrected chi connectivity index (χ2v) is 4.36. The van der Waals surface area contributed by atoms with Crippen molar-refractivity contribution in [3.63, 3.8) is 0 Å². The lowest BCUT2D eigenvalue weighted by molar-refractivity contribution is 0.0506. The molecule has 0 radical (unpaired) electrons. The first-order chi connectivity index (χ1) is 9.31. The molecular formula is C13H14N4O2. The Balaban J connectivity index is 2.09. The first kappa shape index (κ1) is 11.8. The summed E-state index contributed by atoms with van der Waals surface area (Å²) in [5, 5.41) is 8.10. The van der Waals surface area contributed by atoms with Crippen molar-refractivity contribution in [1.29, 1.82) is 0 Å². The van der Waals surface area contributed by atoms with Gasteiger partial charge in [0.1, 0.15) is 0 Å². The maximum absolute atomic E-state index is 11.8. The Morgan fingerprint density at radius 2 is 2.37 bits per heavy atom. The van der Waals surface area contributed by atoms with Crippen molar-refractivity contribution in [2.45, 2.75) is 26.3 Å². The molecule has 2 aromatic heterocycles. The number of hydrogen-bond donors (Lipinski definition) is 0. The van der Waals surface area contributed by atoms with Gasteiger partial charge in [0.15, 0.2) is 5.82 Å². The van der Waals surface area contributed by atoms with E-state index in [1.807, 2.05) is 10.6 Å². The van der Waals surface area contributed by atoms with Crippen LogP contribution in [-0.4, -0.2) is 32.3 Å². The zero-order valence-corrected chi connectivity index (χ0v) is 10.7. The molecule has 0 amide bonds. The van der Waals surface area contributed by atoms with Crippen LogP contribution in [0.15, 0.2) is 18.5 Å². The smallest absolute Gasteiger partial charge is 0.376 e. The van der Waals surface area contributed by atoms with Crippen LogP contribution in [0.2, 0.25) is 0 Å². The molecule has 3 rings (SSSR count). The van der Waals surface area contributed by atoms with Gasteiger partial charge in [-0.15, -0.1) is 10.2 Å². The largest absolute Gasteiger partial charge is 0.460 e. The number of hydrogen-bond acceptors (Lipinski definition) is 5. The molecule has 6 nitrogen and oxygen atoms in total. The third-order valence-electron chi connectivity index (χ3n) is 3.19. The van der Waals surface area contributed by atoms with Gasteiger partial charge in [-0.3, -0.25) is 4.98 Å². The van der Waals surface area contributed by atoms with Crippen molar-refractivity contribution in [3.05, 3.63) is 29.8 Å². The van der Waals surface area contributed by atoms with E-state index in [1.54, 1.807) is 19.3 Å². The molecule has 0 saturated heterocycles. The Bertz CT molecular complexity index is 621. The summed E-state index contributed by atoms with van der Waals surface area (Å²) < 4.78 is 6.83. The van der Waals surface area contributed by atoms with E-state index in [4.69, 9.17) is 4.74 Å². The van der Waals surface area contributed by atoms with E-state index in [0.29, 0.717) is 19.0 Å². The number of carbonyl (C=O) groups is 1. The van der Waals surface area contributed by atoms with Crippen LogP contribution >= 0.6 is 0 Å². The molecule has 2 aromatic rings. The van der Waals surface area contributed by atoms with Crippen LogP contribution in [0.1, 0.15) is 29.5 Å². The van der Waals surface area contributed by atoms with Gasteiger partial charge in [0.2, 0.25) is 5.82 Å². The molecule has 0 saturated carbocycles. The van der Waals surface area contributed by atoms with Crippen LogP contribution < -0.4 is 0 Å². The van der Waals surface area contributed by atoms with Gasteiger partial charge in [-0.1, -0.05) is 0 Å². The predicted molar refractivity (Wildman–Crippen MR) is 67.5 cm³/mol. The van der Waals surface area contributed by atoms with Gasteiger partial charge in [0.25, 0.3) is 0 Å². The number of esters is 1. The second-order valence-electron chi connectivity index (χ2n) is 4.36. The third-order valence-corrected chi connectivity index (χ3v) is 3.19. The number of aromatic nitrogens is 4. The van der Waals surface area contributed by atoms with Gasteiger partial charge in [-0.2, -0.15) is 0 Å². The van der Waals surface area contributed by atoms with Gasteiger partial charge in [-0.25, -0.2) is 4.79 Å². The molecule has 0 aliphatic carbocycles. The summed E-state index contributed by atoms with van der Waals surface area (Å²) in [6, 6.07) is 1.99. The molecule has 0 spiro atoms. The van der Waals surface area contributed by atoms with Gasteiger partial charge in [-0.05, 0) is 31.4 Å². The lowest BCUT2D eigenvalue weighted by Crippen LogP contribution is -2.14. The molecule has 0 unspecified atom stereocenters. The quantitative estimate of drug-likeness (QED) is 0.763. The lowest BCUT2D eigenvalue weighted by Gasteiger charge is -2.06. The summed E-state index contributed by atoms with van der Waals surface area (Å²) in [6.07, 6.45) is 5.44. The van der Waals surface area contributed by atoms with Crippen LogP contribution in [0.4, 0.5) is 0 Å². The Labute approximate surface area is 110 Å². The fourth-order valence-corrected chi connectivity index (χ4v) is 2.33. The van der Waals surface area contributed by atoms with Crippen LogP contribution in [0.5, 0.6) is 0 Å². The fourth-order valence-electron chi connectivity index (χ4n) is 2.33. The molecule has 6 heteroatoms. The number of carbonyl (C=O) groups excluding carboxylic acids is 1. The summed E-state index contributed by atoms with van der Waals surface area (Å²) in [7, 11) is 0. The summed E-state index contributed by atoms with van der Waals surface area (Å²) in [4.78, 5) is 16.0. The minimum absolute atomic E-state index is 0.272. The SMILES string of the molecule is CCOC(=O)c1nnc2n1CCCc1ccncc1-2. The zero-order chi connectivity index (χ0) is 13.2. The van der Waals surface area contributed by atoms with E-state index < -0.39 is 5.97 Å². The fraction of sp³-hybridized carbons (Fsp3) is 0.385. The molecule has 0 fully saturated rings. The van der Waals surface area contributed by atoms with Crippen LogP contribution in [0, 0.1) is 0 Å². The minimum atomic E-state index is -0.423. The molecule has 98 valence electrons. The highest BCUT2D eigenvalue weighted by molar-refractivity contribution is 5.86. The number of ether oxygens (including phenoxy) is 1. The number of fused-ring (bicyclic) bond motifs is 3. The van der Waals surface area contributed by atoms with Gasteiger partial charge < -0.3 is 9.30 Å². The van der Waals surface area contributed by atoms with Crippen molar-refractivity contribution < 1.29 is 9.53 Å². The second kappa shape index (κ2) is 4.79. The van der Waals surface area contributed by atoms with E-state index in [0.717, 1.165) is 18.4 Å². The van der Waals surface area contributed by atoms with Crippen molar-refractivity contribution in [1.82, 2.24) is 19.7 Å². The van der Waals surface area contributed by atoms with E-state index in [9.17, 15) is 4.79 Å². The summed E-state index contributed by atoms with van der Waals surface area (Å²) in [5.41, 5.74) is 2.14. The first-order valence-electron chi connectivity index (χ1n) is 6.35. The Hall–Kier alpha value is -2.24. The zero-order valence-electron chi connectivity index (χ0n) is 10.7. The Morgan fingerprint density at radius 1 is 1.47 bits per heavy atom.